The fourth-order valence-corrected chi connectivity index (χ4v) is 1.37. The molecule has 1 aromatic rings. The van der Waals surface area contributed by atoms with E-state index in [4.69, 9.17) is 11.6 Å². The monoisotopic (exact) mass is 255 g/mol. The summed E-state index contributed by atoms with van der Waals surface area (Å²) in [7, 11) is 4.83. The van der Waals surface area contributed by atoms with Gasteiger partial charge in [-0.25, -0.2) is 0 Å². The lowest BCUT2D eigenvalue weighted by Crippen LogP contribution is -2.37. The quantitative estimate of drug-likeness (QED) is 0.806. The molecule has 0 fully saturated rings. The molecule has 0 spiro atoms. The van der Waals surface area contributed by atoms with Crippen molar-refractivity contribution in [3.63, 3.8) is 0 Å². The smallest absolute Gasteiger partial charge is 0.255 e. The number of aromatic nitrogens is 1. The predicted octanol–water partition coefficient (Wildman–Crippen LogP) is 0.895. The Bertz CT molecular complexity index is 434. The minimum Gasteiger partial charge on any atom is -0.347 e. The van der Waals surface area contributed by atoms with Crippen LogP contribution in [0.4, 0.5) is 0 Å². The maximum Gasteiger partial charge on any atom is 0.255 e. The Balaban J connectivity index is 2.77. The van der Waals surface area contributed by atoms with E-state index in [-0.39, 0.29) is 23.4 Å². The molecule has 0 radical (unpaired) electrons. The molecule has 0 N–H and O–H groups in total. The van der Waals surface area contributed by atoms with Gasteiger partial charge in [0.1, 0.15) is 0 Å². The number of pyridine rings is 1. The second-order valence-corrected chi connectivity index (χ2v) is 4.21. The summed E-state index contributed by atoms with van der Waals surface area (Å²) in [6, 6.07) is 1.53. The summed E-state index contributed by atoms with van der Waals surface area (Å²) in [5, 5.41) is 0.279. The van der Waals surface area contributed by atoms with Crippen LogP contribution >= 0.6 is 11.6 Å². The first kappa shape index (κ1) is 13.4. The van der Waals surface area contributed by atoms with Crippen molar-refractivity contribution >= 4 is 23.4 Å². The van der Waals surface area contributed by atoms with Crippen LogP contribution in [0.5, 0.6) is 0 Å². The van der Waals surface area contributed by atoms with E-state index in [1.54, 1.807) is 21.1 Å². The van der Waals surface area contributed by atoms with E-state index in [2.05, 4.69) is 4.98 Å². The van der Waals surface area contributed by atoms with E-state index >= 15 is 0 Å². The molecule has 1 rings (SSSR count). The molecular formula is C11H14ClN3O2. The summed E-state index contributed by atoms with van der Waals surface area (Å²) in [5.41, 5.74) is 0.343. The Morgan fingerprint density at radius 2 is 2.00 bits per heavy atom. The van der Waals surface area contributed by atoms with Gasteiger partial charge in [-0.15, -0.1) is 0 Å². The molecule has 2 amide bonds. The summed E-state index contributed by atoms with van der Waals surface area (Å²) >= 11 is 5.86. The van der Waals surface area contributed by atoms with Crippen LogP contribution in [0.2, 0.25) is 5.02 Å². The van der Waals surface area contributed by atoms with Crippen molar-refractivity contribution in [1.29, 1.82) is 0 Å². The Morgan fingerprint density at radius 1 is 1.35 bits per heavy atom. The molecule has 0 aliphatic carbocycles. The molecule has 92 valence electrons. The van der Waals surface area contributed by atoms with Crippen molar-refractivity contribution in [3.05, 3.63) is 29.0 Å². The first-order valence-corrected chi connectivity index (χ1v) is 5.36. The van der Waals surface area contributed by atoms with Crippen LogP contribution < -0.4 is 0 Å². The standard InChI is InChI=1S/C11H14ClN3O2/c1-14(2)10(16)7-15(3)11(17)8-4-5-13-6-9(8)12/h4-6H,7H2,1-3H3. The molecule has 6 heteroatoms. The Hall–Kier alpha value is -1.62. The number of carbonyl (C=O) groups is 2. The van der Waals surface area contributed by atoms with Gasteiger partial charge in [0, 0.05) is 33.5 Å². The first-order valence-electron chi connectivity index (χ1n) is 4.98. The van der Waals surface area contributed by atoms with Crippen molar-refractivity contribution in [1.82, 2.24) is 14.8 Å². The summed E-state index contributed by atoms with van der Waals surface area (Å²) in [5.74, 6) is -0.446. The summed E-state index contributed by atoms with van der Waals surface area (Å²) in [6.07, 6.45) is 2.89. The Kier molecular flexibility index (Phi) is 4.45. The first-order chi connectivity index (χ1) is 7.93. The van der Waals surface area contributed by atoms with E-state index in [0.29, 0.717) is 5.56 Å². The molecule has 0 aliphatic rings. The second kappa shape index (κ2) is 5.63. The second-order valence-electron chi connectivity index (χ2n) is 3.80. The Labute approximate surface area is 105 Å². The number of hydrogen-bond acceptors (Lipinski definition) is 3. The van der Waals surface area contributed by atoms with Gasteiger partial charge < -0.3 is 9.80 Å². The number of hydrogen-bond donors (Lipinski definition) is 0. The highest BCUT2D eigenvalue weighted by Crippen LogP contribution is 2.15. The molecule has 1 heterocycles. The minimum absolute atomic E-state index is 0.0183. The van der Waals surface area contributed by atoms with Gasteiger partial charge in [0.15, 0.2) is 0 Å². The number of carbonyl (C=O) groups excluding carboxylic acids is 2. The zero-order valence-electron chi connectivity index (χ0n) is 9.98. The molecule has 0 saturated carbocycles. The summed E-state index contributed by atoms with van der Waals surface area (Å²) in [6.45, 7) is 0.0183. The number of rotatable bonds is 3. The van der Waals surface area contributed by atoms with E-state index in [1.165, 1.54) is 28.3 Å². The van der Waals surface area contributed by atoms with Gasteiger partial charge >= 0.3 is 0 Å². The molecular weight excluding hydrogens is 242 g/mol. The highest BCUT2D eigenvalue weighted by atomic mass is 35.5. The van der Waals surface area contributed by atoms with Crippen molar-refractivity contribution in [2.45, 2.75) is 0 Å². The van der Waals surface area contributed by atoms with E-state index < -0.39 is 0 Å². The van der Waals surface area contributed by atoms with Gasteiger partial charge in [0.05, 0.1) is 17.1 Å². The number of amides is 2. The maximum absolute atomic E-state index is 12.0. The lowest BCUT2D eigenvalue weighted by Gasteiger charge is -2.19. The van der Waals surface area contributed by atoms with E-state index in [9.17, 15) is 9.59 Å². The molecule has 0 atom stereocenters. The lowest BCUT2D eigenvalue weighted by molar-refractivity contribution is -0.129. The molecule has 0 bridgehead atoms. The van der Waals surface area contributed by atoms with Crippen LogP contribution in [0.3, 0.4) is 0 Å². The minimum atomic E-state index is -0.299. The highest BCUT2D eigenvalue weighted by molar-refractivity contribution is 6.33. The topological polar surface area (TPSA) is 53.5 Å². The van der Waals surface area contributed by atoms with Gasteiger partial charge in [-0.3, -0.25) is 14.6 Å². The maximum atomic E-state index is 12.0. The SMILES string of the molecule is CN(C)C(=O)CN(C)C(=O)c1ccncc1Cl. The Morgan fingerprint density at radius 3 is 2.53 bits per heavy atom. The zero-order chi connectivity index (χ0) is 13.0. The van der Waals surface area contributed by atoms with Crippen LogP contribution in [0.1, 0.15) is 10.4 Å². The third-order valence-electron chi connectivity index (χ3n) is 2.22. The van der Waals surface area contributed by atoms with E-state index in [0.717, 1.165) is 0 Å². The fourth-order valence-electron chi connectivity index (χ4n) is 1.17. The lowest BCUT2D eigenvalue weighted by atomic mass is 10.2. The molecule has 0 aromatic carbocycles. The van der Waals surface area contributed by atoms with Crippen molar-refractivity contribution in [3.8, 4) is 0 Å². The molecule has 5 nitrogen and oxygen atoms in total. The molecule has 0 unspecified atom stereocenters. The largest absolute Gasteiger partial charge is 0.347 e. The number of halogens is 1. The molecule has 17 heavy (non-hydrogen) atoms. The summed E-state index contributed by atoms with van der Waals surface area (Å²) < 4.78 is 0. The predicted molar refractivity (Wildman–Crippen MR) is 64.9 cm³/mol. The number of nitrogens with zero attached hydrogens (tertiary/aromatic N) is 3. The van der Waals surface area contributed by atoms with Gasteiger partial charge in [-0.05, 0) is 6.07 Å². The normalized spacial score (nSPS) is 9.88. The summed E-state index contributed by atoms with van der Waals surface area (Å²) in [4.78, 5) is 30.0. The van der Waals surface area contributed by atoms with E-state index in [1.807, 2.05) is 0 Å². The van der Waals surface area contributed by atoms with Gasteiger partial charge in [-0.1, -0.05) is 11.6 Å². The van der Waals surface area contributed by atoms with Crippen LogP contribution in [0, 0.1) is 0 Å². The van der Waals surface area contributed by atoms with Gasteiger partial charge in [0.2, 0.25) is 5.91 Å². The van der Waals surface area contributed by atoms with Gasteiger partial charge in [-0.2, -0.15) is 0 Å². The fraction of sp³-hybridized carbons (Fsp3) is 0.364. The van der Waals surface area contributed by atoms with Crippen molar-refractivity contribution in [2.75, 3.05) is 27.7 Å². The molecule has 0 aliphatic heterocycles. The van der Waals surface area contributed by atoms with Crippen molar-refractivity contribution in [2.24, 2.45) is 0 Å². The van der Waals surface area contributed by atoms with Crippen LogP contribution in [-0.4, -0.2) is 54.3 Å². The van der Waals surface area contributed by atoms with Crippen molar-refractivity contribution < 1.29 is 9.59 Å². The number of likely N-dealkylation sites (N-methyl/N-ethyl adjacent to an activating group) is 2. The van der Waals surface area contributed by atoms with Crippen LogP contribution in [0.25, 0.3) is 0 Å². The average Bonchev–Trinajstić information content (AvgIpc) is 2.28. The average molecular weight is 256 g/mol. The third-order valence-corrected chi connectivity index (χ3v) is 2.52. The van der Waals surface area contributed by atoms with Gasteiger partial charge in [0.25, 0.3) is 5.91 Å². The van der Waals surface area contributed by atoms with Crippen LogP contribution in [-0.2, 0) is 4.79 Å². The zero-order valence-corrected chi connectivity index (χ0v) is 10.7. The third kappa shape index (κ3) is 3.42. The highest BCUT2D eigenvalue weighted by Gasteiger charge is 2.17. The molecule has 1 aromatic heterocycles. The molecule has 0 saturated heterocycles. The van der Waals surface area contributed by atoms with Crippen LogP contribution in [0.15, 0.2) is 18.5 Å².